The predicted molar refractivity (Wildman–Crippen MR) is 104 cm³/mol. The highest BCUT2D eigenvalue weighted by Crippen LogP contribution is 2.16. The van der Waals surface area contributed by atoms with E-state index in [1.807, 2.05) is 13.8 Å². The van der Waals surface area contributed by atoms with Gasteiger partial charge in [-0.25, -0.2) is 27.0 Å². The van der Waals surface area contributed by atoms with Crippen LogP contribution in [0.4, 0.5) is 4.39 Å². The normalized spacial score (nSPS) is 11.7. The lowest BCUT2D eigenvalue weighted by atomic mass is 10.1. The third-order valence-electron chi connectivity index (χ3n) is 4.55. The quantitative estimate of drug-likeness (QED) is 0.681. The van der Waals surface area contributed by atoms with E-state index in [1.165, 1.54) is 33.5 Å². The van der Waals surface area contributed by atoms with E-state index in [0.29, 0.717) is 11.4 Å². The molecule has 1 N–H and O–H groups in total. The summed E-state index contributed by atoms with van der Waals surface area (Å²) in [6, 6.07) is 10.5. The van der Waals surface area contributed by atoms with Gasteiger partial charge in [-0.3, -0.25) is 4.57 Å². The first-order valence-corrected chi connectivity index (χ1v) is 10.1. The highest BCUT2D eigenvalue weighted by atomic mass is 32.2. The smallest absolute Gasteiger partial charge is 0.278 e. The Balaban J connectivity index is 1.74. The van der Waals surface area contributed by atoms with E-state index in [-0.39, 0.29) is 29.5 Å². The maximum atomic E-state index is 13.1. The summed E-state index contributed by atoms with van der Waals surface area (Å²) >= 11 is 0. The number of halogens is 1. The van der Waals surface area contributed by atoms with Gasteiger partial charge >= 0.3 is 5.69 Å². The summed E-state index contributed by atoms with van der Waals surface area (Å²) in [6.45, 7) is 3.83. The van der Waals surface area contributed by atoms with Gasteiger partial charge in [0, 0.05) is 19.2 Å². The molecule has 0 unspecified atom stereocenters. The molecule has 9 heteroatoms. The van der Waals surface area contributed by atoms with E-state index in [1.54, 1.807) is 25.2 Å². The lowest BCUT2D eigenvalue weighted by Gasteiger charge is -2.08. The molecule has 3 aromatic rings. The van der Waals surface area contributed by atoms with Gasteiger partial charge in [0.2, 0.25) is 10.0 Å². The van der Waals surface area contributed by atoms with Gasteiger partial charge in [0.15, 0.2) is 5.82 Å². The maximum Gasteiger partial charge on any atom is 0.345 e. The van der Waals surface area contributed by atoms with E-state index in [4.69, 9.17) is 0 Å². The summed E-state index contributed by atoms with van der Waals surface area (Å²) in [5.74, 6) is -0.00375. The molecule has 0 saturated heterocycles. The van der Waals surface area contributed by atoms with Gasteiger partial charge in [0.05, 0.1) is 11.4 Å². The number of nitrogens with one attached hydrogen (secondary N) is 1. The Bertz CT molecular complexity index is 1160. The van der Waals surface area contributed by atoms with Gasteiger partial charge in [-0.1, -0.05) is 6.07 Å². The molecule has 0 saturated carbocycles. The zero-order valence-corrected chi connectivity index (χ0v) is 16.6. The third kappa shape index (κ3) is 4.05. The number of benzene rings is 2. The zero-order chi connectivity index (χ0) is 20.5. The molecule has 0 fully saturated rings. The maximum absolute atomic E-state index is 13.1. The number of hydrogen-bond donors (Lipinski definition) is 1. The van der Waals surface area contributed by atoms with Crippen molar-refractivity contribution in [3.8, 4) is 11.4 Å². The highest BCUT2D eigenvalue weighted by molar-refractivity contribution is 7.89. The fraction of sp³-hybridized carbons (Fsp3) is 0.263. The van der Waals surface area contributed by atoms with E-state index in [2.05, 4.69) is 9.82 Å². The molecule has 0 aliphatic heterocycles. The summed E-state index contributed by atoms with van der Waals surface area (Å²) in [7, 11) is -2.13. The highest BCUT2D eigenvalue weighted by Gasteiger charge is 2.16. The van der Waals surface area contributed by atoms with Gasteiger partial charge in [-0.2, -0.15) is 0 Å². The molecule has 3 rings (SSSR count). The van der Waals surface area contributed by atoms with Crippen molar-refractivity contribution in [3.05, 3.63) is 69.9 Å². The van der Waals surface area contributed by atoms with Crippen LogP contribution in [0.5, 0.6) is 0 Å². The van der Waals surface area contributed by atoms with Crippen molar-refractivity contribution in [2.45, 2.75) is 25.3 Å². The Labute approximate surface area is 162 Å². The number of hydrogen-bond acceptors (Lipinski definition) is 4. The molecule has 2 aromatic carbocycles. The SMILES string of the molecule is Cc1ccc(S(=O)(=O)NCCn2nc(-c3ccc(F)cc3)n(C)c2=O)cc1C. The first-order chi connectivity index (χ1) is 13.2. The van der Waals surface area contributed by atoms with Gasteiger partial charge in [0.25, 0.3) is 0 Å². The Kier molecular flexibility index (Phi) is 5.48. The lowest BCUT2D eigenvalue weighted by molar-refractivity contribution is 0.551. The lowest BCUT2D eigenvalue weighted by Crippen LogP contribution is -2.31. The first-order valence-electron chi connectivity index (χ1n) is 8.66. The molecule has 148 valence electrons. The standard InChI is InChI=1S/C19H21FN4O3S/c1-13-4-9-17(12-14(13)2)28(26,27)21-10-11-24-19(25)23(3)18(22-24)15-5-7-16(20)8-6-15/h4-9,12,21H,10-11H2,1-3H3. The van der Waals surface area contributed by atoms with E-state index in [0.717, 1.165) is 11.1 Å². The van der Waals surface area contributed by atoms with Gasteiger partial charge in [-0.15, -0.1) is 5.10 Å². The van der Waals surface area contributed by atoms with Crippen LogP contribution in [-0.4, -0.2) is 29.3 Å². The molecule has 0 radical (unpaired) electrons. The monoisotopic (exact) mass is 404 g/mol. The van der Waals surface area contributed by atoms with E-state index in [9.17, 15) is 17.6 Å². The fourth-order valence-corrected chi connectivity index (χ4v) is 3.84. The molecule has 1 heterocycles. The minimum atomic E-state index is -3.68. The third-order valence-corrected chi connectivity index (χ3v) is 6.01. The number of sulfonamides is 1. The van der Waals surface area contributed by atoms with E-state index < -0.39 is 10.0 Å². The number of aryl methyl sites for hydroxylation is 2. The summed E-state index contributed by atoms with van der Waals surface area (Å²) in [6.07, 6.45) is 0. The average Bonchev–Trinajstić information content (AvgIpc) is 2.93. The van der Waals surface area contributed by atoms with Crippen molar-refractivity contribution in [2.75, 3.05) is 6.54 Å². The first kappa shape index (κ1) is 20.0. The van der Waals surface area contributed by atoms with Crippen molar-refractivity contribution in [2.24, 2.45) is 7.05 Å². The van der Waals surface area contributed by atoms with Crippen LogP contribution in [-0.2, 0) is 23.6 Å². The molecule has 0 aliphatic carbocycles. The van der Waals surface area contributed by atoms with Crippen LogP contribution in [0.25, 0.3) is 11.4 Å². The van der Waals surface area contributed by atoms with Gasteiger partial charge in [0.1, 0.15) is 5.82 Å². The molecule has 0 atom stereocenters. The topological polar surface area (TPSA) is 86.0 Å². The second kappa shape index (κ2) is 7.69. The number of rotatable bonds is 6. The second-order valence-corrected chi connectivity index (χ2v) is 8.31. The molecule has 0 aliphatic rings. The molecule has 0 spiro atoms. The summed E-state index contributed by atoms with van der Waals surface area (Å²) < 4.78 is 43.0. The van der Waals surface area contributed by atoms with E-state index >= 15 is 0 Å². The molecule has 1 aromatic heterocycles. The van der Waals surface area contributed by atoms with Crippen LogP contribution in [0.2, 0.25) is 0 Å². The van der Waals surface area contributed by atoms with Crippen LogP contribution in [0.1, 0.15) is 11.1 Å². The minimum absolute atomic E-state index is 0.00896. The minimum Gasteiger partial charge on any atom is -0.278 e. The molecule has 0 bridgehead atoms. The zero-order valence-electron chi connectivity index (χ0n) is 15.8. The van der Waals surface area contributed by atoms with Crippen LogP contribution >= 0.6 is 0 Å². The van der Waals surface area contributed by atoms with Crippen LogP contribution in [0, 0.1) is 19.7 Å². The molecular formula is C19H21FN4O3S. The van der Waals surface area contributed by atoms with Crippen molar-refractivity contribution < 1.29 is 12.8 Å². The Morgan fingerprint density at radius 3 is 2.39 bits per heavy atom. The second-order valence-electron chi connectivity index (χ2n) is 6.54. The Morgan fingerprint density at radius 2 is 1.75 bits per heavy atom. The summed E-state index contributed by atoms with van der Waals surface area (Å²) in [5.41, 5.74) is 2.10. The molecule has 28 heavy (non-hydrogen) atoms. The molecular weight excluding hydrogens is 383 g/mol. The van der Waals surface area contributed by atoms with Gasteiger partial charge in [-0.05, 0) is 61.4 Å². The van der Waals surface area contributed by atoms with Crippen molar-refractivity contribution in [1.29, 1.82) is 0 Å². The largest absolute Gasteiger partial charge is 0.345 e. The number of nitrogens with zero attached hydrogens (tertiary/aromatic N) is 3. The Hall–Kier alpha value is -2.78. The molecule has 0 amide bonds. The fourth-order valence-electron chi connectivity index (χ4n) is 2.73. The van der Waals surface area contributed by atoms with Gasteiger partial charge < -0.3 is 0 Å². The van der Waals surface area contributed by atoms with Crippen molar-refractivity contribution in [1.82, 2.24) is 19.1 Å². The number of aromatic nitrogens is 3. The van der Waals surface area contributed by atoms with Crippen molar-refractivity contribution in [3.63, 3.8) is 0 Å². The molecule has 7 nitrogen and oxygen atoms in total. The summed E-state index contributed by atoms with van der Waals surface area (Å²) in [4.78, 5) is 12.5. The average molecular weight is 404 g/mol. The van der Waals surface area contributed by atoms with Crippen LogP contribution < -0.4 is 10.4 Å². The predicted octanol–water partition coefficient (Wildman–Crippen LogP) is 1.98. The van der Waals surface area contributed by atoms with Crippen LogP contribution in [0.3, 0.4) is 0 Å². The van der Waals surface area contributed by atoms with Crippen LogP contribution in [0.15, 0.2) is 52.2 Å². The van der Waals surface area contributed by atoms with Crippen molar-refractivity contribution >= 4 is 10.0 Å². The summed E-state index contributed by atoms with van der Waals surface area (Å²) in [5, 5.41) is 4.24. The Morgan fingerprint density at radius 1 is 1.07 bits per heavy atom.